The molecule has 0 N–H and O–H groups in total. The molecular formula is C16H22N4. The Labute approximate surface area is 120 Å². The minimum absolute atomic E-state index is 0.690. The topological polar surface area (TPSA) is 32.3 Å². The molecule has 1 saturated heterocycles. The van der Waals surface area contributed by atoms with Crippen LogP contribution in [-0.4, -0.2) is 53.0 Å². The van der Waals surface area contributed by atoms with Crippen molar-refractivity contribution >= 4 is 10.9 Å². The van der Waals surface area contributed by atoms with Crippen LogP contribution in [0.25, 0.3) is 10.9 Å². The summed E-state index contributed by atoms with van der Waals surface area (Å²) in [6.07, 6.45) is 5.12. The van der Waals surface area contributed by atoms with Gasteiger partial charge in [0.15, 0.2) is 0 Å². The molecule has 106 valence electrons. The van der Waals surface area contributed by atoms with Gasteiger partial charge in [0.1, 0.15) is 0 Å². The van der Waals surface area contributed by atoms with Crippen molar-refractivity contribution in [1.29, 1.82) is 0 Å². The lowest BCUT2D eigenvalue weighted by atomic mass is 10.1. The van der Waals surface area contributed by atoms with E-state index in [4.69, 9.17) is 0 Å². The Morgan fingerprint density at radius 2 is 2.20 bits per heavy atom. The lowest BCUT2D eigenvalue weighted by Gasteiger charge is -2.20. The lowest BCUT2D eigenvalue weighted by molar-refractivity contribution is 0.264. The van der Waals surface area contributed by atoms with E-state index in [-0.39, 0.29) is 0 Å². The number of hydrogen-bond acceptors (Lipinski definition) is 4. The van der Waals surface area contributed by atoms with Gasteiger partial charge in [0.05, 0.1) is 11.2 Å². The van der Waals surface area contributed by atoms with Crippen LogP contribution in [0, 0.1) is 6.92 Å². The van der Waals surface area contributed by atoms with Gasteiger partial charge in [-0.1, -0.05) is 0 Å². The van der Waals surface area contributed by atoms with Crippen LogP contribution in [0.4, 0.5) is 0 Å². The second kappa shape index (κ2) is 5.46. The summed E-state index contributed by atoms with van der Waals surface area (Å²) in [4.78, 5) is 13.7. The Morgan fingerprint density at radius 3 is 2.95 bits per heavy atom. The second-order valence-electron chi connectivity index (χ2n) is 5.95. The van der Waals surface area contributed by atoms with Crippen molar-refractivity contribution in [2.75, 3.05) is 27.2 Å². The van der Waals surface area contributed by atoms with Gasteiger partial charge in [-0.2, -0.15) is 0 Å². The summed E-state index contributed by atoms with van der Waals surface area (Å²) in [5.41, 5.74) is 3.31. The molecule has 0 aromatic carbocycles. The van der Waals surface area contributed by atoms with Crippen molar-refractivity contribution in [3.8, 4) is 0 Å². The number of aryl methyl sites for hydroxylation is 1. The van der Waals surface area contributed by atoms with E-state index in [2.05, 4.69) is 39.9 Å². The molecule has 2 aromatic heterocycles. The average Bonchev–Trinajstić information content (AvgIpc) is 2.88. The highest BCUT2D eigenvalue weighted by molar-refractivity contribution is 5.80. The fourth-order valence-corrected chi connectivity index (χ4v) is 2.97. The van der Waals surface area contributed by atoms with Gasteiger partial charge in [-0.15, -0.1) is 0 Å². The summed E-state index contributed by atoms with van der Waals surface area (Å²) in [5, 5.41) is 1.19. The predicted octanol–water partition coefficient (Wildman–Crippen LogP) is 2.07. The zero-order valence-electron chi connectivity index (χ0n) is 12.5. The van der Waals surface area contributed by atoms with Crippen LogP contribution in [0.2, 0.25) is 0 Å². The fourth-order valence-electron chi connectivity index (χ4n) is 2.97. The van der Waals surface area contributed by atoms with Gasteiger partial charge in [0, 0.05) is 43.5 Å². The minimum Gasteiger partial charge on any atom is -0.305 e. The third-order valence-corrected chi connectivity index (χ3v) is 4.22. The highest BCUT2D eigenvalue weighted by Gasteiger charge is 2.23. The molecule has 0 unspecified atom stereocenters. The maximum Gasteiger partial charge on any atom is 0.0914 e. The van der Waals surface area contributed by atoms with Crippen LogP contribution in [0.3, 0.4) is 0 Å². The van der Waals surface area contributed by atoms with Crippen LogP contribution in [0.1, 0.15) is 17.7 Å². The van der Waals surface area contributed by atoms with Crippen molar-refractivity contribution in [2.24, 2.45) is 0 Å². The molecule has 0 spiro atoms. The molecule has 1 atom stereocenters. The average molecular weight is 270 g/mol. The van der Waals surface area contributed by atoms with Crippen molar-refractivity contribution in [3.05, 3.63) is 35.8 Å². The number of rotatable bonds is 3. The summed E-state index contributed by atoms with van der Waals surface area (Å²) in [6, 6.07) is 4.99. The van der Waals surface area contributed by atoms with Crippen LogP contribution in [0.15, 0.2) is 24.5 Å². The number of fused-ring (bicyclic) bond motifs is 1. The second-order valence-corrected chi connectivity index (χ2v) is 5.95. The molecule has 0 amide bonds. The van der Waals surface area contributed by atoms with E-state index in [1.54, 1.807) is 0 Å². The normalized spacial score (nSPS) is 20.1. The Hall–Kier alpha value is -1.52. The molecule has 4 nitrogen and oxygen atoms in total. The van der Waals surface area contributed by atoms with E-state index < -0.39 is 0 Å². The number of hydrogen-bond donors (Lipinski definition) is 0. The van der Waals surface area contributed by atoms with E-state index in [0.717, 1.165) is 24.3 Å². The first kappa shape index (κ1) is 13.5. The van der Waals surface area contributed by atoms with Crippen LogP contribution < -0.4 is 0 Å². The first-order valence-corrected chi connectivity index (χ1v) is 7.22. The predicted molar refractivity (Wildman–Crippen MR) is 81.6 cm³/mol. The van der Waals surface area contributed by atoms with E-state index in [9.17, 15) is 0 Å². The number of nitrogens with zero attached hydrogens (tertiary/aromatic N) is 4. The van der Waals surface area contributed by atoms with Crippen molar-refractivity contribution in [1.82, 2.24) is 19.8 Å². The molecule has 0 aliphatic carbocycles. The molecule has 3 rings (SSSR count). The fraction of sp³-hybridized carbons (Fsp3) is 0.500. The molecule has 20 heavy (non-hydrogen) atoms. The van der Waals surface area contributed by atoms with Gasteiger partial charge in [-0.3, -0.25) is 14.9 Å². The third kappa shape index (κ3) is 2.67. The van der Waals surface area contributed by atoms with Gasteiger partial charge < -0.3 is 4.90 Å². The van der Waals surface area contributed by atoms with E-state index in [0.29, 0.717) is 6.04 Å². The summed E-state index contributed by atoms with van der Waals surface area (Å²) < 4.78 is 0. The lowest BCUT2D eigenvalue weighted by Crippen LogP contribution is -2.31. The first-order valence-electron chi connectivity index (χ1n) is 7.22. The number of likely N-dealkylation sites (tertiary alicyclic amines) is 1. The maximum atomic E-state index is 4.58. The molecule has 1 fully saturated rings. The Balaban J connectivity index is 1.75. The molecule has 4 heteroatoms. The third-order valence-electron chi connectivity index (χ3n) is 4.22. The Morgan fingerprint density at radius 1 is 1.35 bits per heavy atom. The maximum absolute atomic E-state index is 4.58. The smallest absolute Gasteiger partial charge is 0.0914 e. The molecule has 1 aliphatic rings. The van der Waals surface area contributed by atoms with Gasteiger partial charge in [0.25, 0.3) is 0 Å². The molecule has 0 saturated carbocycles. The summed E-state index contributed by atoms with van der Waals surface area (Å²) in [7, 11) is 4.34. The van der Waals surface area contributed by atoms with Crippen molar-refractivity contribution in [2.45, 2.75) is 25.9 Å². The number of aromatic nitrogens is 2. The molecule has 3 heterocycles. The van der Waals surface area contributed by atoms with Crippen LogP contribution in [-0.2, 0) is 6.54 Å². The summed E-state index contributed by atoms with van der Waals surface area (Å²) in [6.45, 7) is 5.34. The number of likely N-dealkylation sites (N-methyl/N-ethyl adjacent to an activating group) is 1. The number of pyridine rings is 2. The van der Waals surface area contributed by atoms with E-state index in [1.807, 2.05) is 25.4 Å². The Bertz CT molecular complexity index is 608. The standard InChI is InChI=1S/C16H22N4/c1-12-16-14(4-6-17-12)8-13(9-18-16)10-20-7-5-15(11-20)19(2)3/h4,6,8-9,15H,5,7,10-11H2,1-3H3/t15-/m0/s1. The SMILES string of the molecule is Cc1nccc2cc(CN3CC[C@H](N(C)C)C3)cnc12. The molecule has 0 bridgehead atoms. The van der Waals surface area contributed by atoms with E-state index >= 15 is 0 Å². The van der Waals surface area contributed by atoms with Crippen LogP contribution >= 0.6 is 0 Å². The molecule has 0 radical (unpaired) electrons. The largest absolute Gasteiger partial charge is 0.305 e. The van der Waals surface area contributed by atoms with Crippen molar-refractivity contribution in [3.63, 3.8) is 0 Å². The highest BCUT2D eigenvalue weighted by atomic mass is 15.2. The highest BCUT2D eigenvalue weighted by Crippen LogP contribution is 2.19. The van der Waals surface area contributed by atoms with E-state index in [1.165, 1.54) is 23.9 Å². The van der Waals surface area contributed by atoms with Crippen molar-refractivity contribution < 1.29 is 0 Å². The van der Waals surface area contributed by atoms with Gasteiger partial charge in [0.2, 0.25) is 0 Å². The minimum atomic E-state index is 0.690. The first-order chi connectivity index (χ1) is 9.63. The molecule has 1 aliphatic heterocycles. The molecule has 2 aromatic rings. The summed E-state index contributed by atoms with van der Waals surface area (Å²) >= 11 is 0. The quantitative estimate of drug-likeness (QED) is 0.855. The van der Waals surface area contributed by atoms with Gasteiger partial charge in [-0.25, -0.2) is 0 Å². The van der Waals surface area contributed by atoms with Gasteiger partial charge >= 0.3 is 0 Å². The summed E-state index contributed by atoms with van der Waals surface area (Å²) in [5.74, 6) is 0. The Kier molecular flexibility index (Phi) is 3.68. The molecular weight excluding hydrogens is 248 g/mol. The van der Waals surface area contributed by atoms with Crippen LogP contribution in [0.5, 0.6) is 0 Å². The zero-order valence-corrected chi connectivity index (χ0v) is 12.5. The monoisotopic (exact) mass is 270 g/mol. The zero-order chi connectivity index (χ0) is 14.1. The van der Waals surface area contributed by atoms with Gasteiger partial charge in [-0.05, 0) is 45.1 Å².